The van der Waals surface area contributed by atoms with Gasteiger partial charge in [-0.25, -0.2) is 4.98 Å². The van der Waals surface area contributed by atoms with Crippen LogP contribution in [0.3, 0.4) is 0 Å². The number of nitrogens with one attached hydrogen (secondary N) is 2. The van der Waals surface area contributed by atoms with Gasteiger partial charge in [-0.15, -0.1) is 0 Å². The summed E-state index contributed by atoms with van der Waals surface area (Å²) < 4.78 is 5.44. The highest BCUT2D eigenvalue weighted by Gasteiger charge is 2.34. The van der Waals surface area contributed by atoms with Crippen LogP contribution in [0.15, 0.2) is 72.9 Å². The lowest BCUT2D eigenvalue weighted by molar-refractivity contribution is -0.127. The zero-order valence-electron chi connectivity index (χ0n) is 23.3. The van der Waals surface area contributed by atoms with E-state index in [4.69, 9.17) is 4.74 Å². The smallest absolute Gasteiger partial charge is 0.248 e. The van der Waals surface area contributed by atoms with Crippen molar-refractivity contribution in [1.29, 1.82) is 0 Å². The minimum atomic E-state index is -0.871. The monoisotopic (exact) mass is 542 g/mol. The number of carbonyl (C=O) groups excluding carboxylic acids is 3. The summed E-state index contributed by atoms with van der Waals surface area (Å²) >= 11 is 0. The fourth-order valence-corrected chi connectivity index (χ4v) is 5.05. The zero-order valence-corrected chi connectivity index (χ0v) is 23.3. The van der Waals surface area contributed by atoms with Crippen LogP contribution in [0.4, 0.5) is 11.5 Å². The van der Waals surface area contributed by atoms with E-state index in [1.165, 1.54) is 6.42 Å². The fraction of sp³-hybridized carbons (Fsp3) is 0.375. The quantitative estimate of drug-likeness (QED) is 0.322. The Kier molecular flexibility index (Phi) is 10.3. The number of amides is 3. The number of carbonyl (C=O) groups is 3. The zero-order chi connectivity index (χ0) is 28.3. The minimum absolute atomic E-state index is 0.0892. The fourth-order valence-electron chi connectivity index (χ4n) is 5.05. The molecule has 8 heteroatoms. The molecule has 0 bridgehead atoms. The molecule has 8 nitrogen and oxygen atoms in total. The Morgan fingerprint density at radius 1 is 0.975 bits per heavy atom. The number of benzene rings is 2. The first-order chi connectivity index (χ1) is 19.4. The lowest BCUT2D eigenvalue weighted by Crippen LogP contribution is -2.47. The van der Waals surface area contributed by atoms with E-state index >= 15 is 0 Å². The van der Waals surface area contributed by atoms with Gasteiger partial charge in [0.15, 0.2) is 0 Å². The molecule has 0 radical (unpaired) electrons. The van der Waals surface area contributed by atoms with Crippen molar-refractivity contribution < 1.29 is 19.1 Å². The van der Waals surface area contributed by atoms with Crippen LogP contribution >= 0.6 is 0 Å². The topological polar surface area (TPSA) is 101 Å². The maximum absolute atomic E-state index is 13.9. The van der Waals surface area contributed by atoms with Gasteiger partial charge in [0.05, 0.1) is 7.11 Å². The molecule has 2 N–H and O–H groups in total. The first-order valence-electron chi connectivity index (χ1n) is 14.0. The number of pyridine rings is 1. The molecule has 0 spiro atoms. The molecule has 40 heavy (non-hydrogen) atoms. The molecular weight excluding hydrogens is 504 g/mol. The Morgan fingerprint density at radius 3 is 2.45 bits per heavy atom. The van der Waals surface area contributed by atoms with Crippen molar-refractivity contribution in [2.75, 3.05) is 17.3 Å². The van der Waals surface area contributed by atoms with Crippen LogP contribution in [-0.2, 0) is 14.4 Å². The molecule has 3 aromatic rings. The van der Waals surface area contributed by atoms with Crippen molar-refractivity contribution in [3.8, 4) is 5.75 Å². The maximum Gasteiger partial charge on any atom is 0.248 e. The van der Waals surface area contributed by atoms with Crippen molar-refractivity contribution in [1.82, 2.24) is 10.3 Å². The lowest BCUT2D eigenvalue weighted by Gasteiger charge is -2.33. The molecule has 210 valence electrons. The normalized spacial score (nSPS) is 14.2. The molecule has 0 saturated heterocycles. The first-order valence-corrected chi connectivity index (χ1v) is 14.0. The molecule has 1 aliphatic rings. The van der Waals surface area contributed by atoms with Crippen molar-refractivity contribution in [2.24, 2.45) is 0 Å². The van der Waals surface area contributed by atoms with Gasteiger partial charge in [0.25, 0.3) is 0 Å². The second kappa shape index (κ2) is 14.3. The van der Waals surface area contributed by atoms with Crippen LogP contribution in [0.25, 0.3) is 0 Å². The number of hydrogen-bond acceptors (Lipinski definition) is 5. The molecule has 1 atom stereocenters. The van der Waals surface area contributed by atoms with Crippen LogP contribution in [0.1, 0.15) is 68.5 Å². The van der Waals surface area contributed by atoms with Crippen LogP contribution in [0.5, 0.6) is 5.75 Å². The SMILES string of the molecule is COc1cccc(N(C(=O)CCCC(=O)Nc2ccccn2)[C@H](C(=O)NC2CCCCC2)c2ccc(C)cc2)c1. The summed E-state index contributed by atoms with van der Waals surface area (Å²) in [6, 6.07) is 19.4. The number of aromatic nitrogens is 1. The highest BCUT2D eigenvalue weighted by Crippen LogP contribution is 2.32. The number of aryl methyl sites for hydroxylation is 1. The van der Waals surface area contributed by atoms with E-state index in [-0.39, 0.29) is 36.6 Å². The summed E-state index contributed by atoms with van der Waals surface area (Å²) in [6.45, 7) is 1.99. The molecule has 1 heterocycles. The number of nitrogens with zero attached hydrogens (tertiary/aromatic N) is 2. The van der Waals surface area contributed by atoms with Gasteiger partial charge in [0.1, 0.15) is 17.6 Å². The van der Waals surface area contributed by atoms with Crippen LogP contribution in [0.2, 0.25) is 0 Å². The van der Waals surface area contributed by atoms with Crippen LogP contribution in [0, 0.1) is 6.92 Å². The van der Waals surface area contributed by atoms with Gasteiger partial charge in [0, 0.05) is 36.8 Å². The number of methoxy groups -OCH3 is 1. The molecule has 0 aliphatic heterocycles. The predicted octanol–water partition coefficient (Wildman–Crippen LogP) is 5.73. The first kappa shape index (κ1) is 28.8. The van der Waals surface area contributed by atoms with Crippen molar-refractivity contribution >= 4 is 29.2 Å². The molecule has 0 unspecified atom stereocenters. The highest BCUT2D eigenvalue weighted by atomic mass is 16.5. The summed E-state index contributed by atoms with van der Waals surface area (Å²) in [5.41, 5.74) is 2.35. The van der Waals surface area contributed by atoms with Gasteiger partial charge in [-0.05, 0) is 56.0 Å². The summed E-state index contributed by atoms with van der Waals surface area (Å²) in [7, 11) is 1.57. The average Bonchev–Trinajstić information content (AvgIpc) is 2.97. The van der Waals surface area contributed by atoms with Gasteiger partial charge in [-0.1, -0.05) is 61.2 Å². The van der Waals surface area contributed by atoms with Crippen LogP contribution in [-0.4, -0.2) is 35.9 Å². The lowest BCUT2D eigenvalue weighted by atomic mass is 9.94. The Hall–Kier alpha value is -4.20. The van der Waals surface area contributed by atoms with E-state index in [0.717, 1.165) is 36.8 Å². The summed E-state index contributed by atoms with van der Waals surface area (Å²) in [5, 5.41) is 5.99. The average molecular weight is 543 g/mol. The van der Waals surface area contributed by atoms with Crippen molar-refractivity contribution in [2.45, 2.75) is 70.4 Å². The van der Waals surface area contributed by atoms with E-state index in [1.807, 2.05) is 37.3 Å². The van der Waals surface area contributed by atoms with E-state index in [1.54, 1.807) is 54.6 Å². The third kappa shape index (κ3) is 7.91. The molecular formula is C32H38N4O4. The van der Waals surface area contributed by atoms with E-state index in [9.17, 15) is 14.4 Å². The van der Waals surface area contributed by atoms with E-state index in [0.29, 0.717) is 23.7 Å². The van der Waals surface area contributed by atoms with Gasteiger partial charge in [-0.2, -0.15) is 0 Å². The standard InChI is InChI=1S/C32H38N4O4/c1-23-17-19-24(20-18-23)31(32(39)34-25-10-4-3-5-11-25)36(26-12-8-13-27(22-26)40-2)30(38)16-9-15-29(37)35-28-14-6-7-21-33-28/h6-8,12-14,17-22,25,31H,3-5,9-11,15-16H2,1-2H3,(H,34,39)(H,33,35,37)/t31-/m0/s1. The van der Waals surface area contributed by atoms with Crippen LogP contribution < -0.4 is 20.3 Å². The molecule has 2 aromatic carbocycles. The summed E-state index contributed by atoms with van der Waals surface area (Å²) in [4.78, 5) is 46.0. The van der Waals surface area contributed by atoms with Crippen molar-refractivity contribution in [3.05, 3.63) is 84.1 Å². The summed E-state index contributed by atoms with van der Waals surface area (Å²) in [5.74, 6) is 0.378. The van der Waals surface area contributed by atoms with Gasteiger partial charge in [-0.3, -0.25) is 19.3 Å². The Morgan fingerprint density at radius 2 is 1.75 bits per heavy atom. The van der Waals surface area contributed by atoms with Gasteiger partial charge >= 0.3 is 0 Å². The van der Waals surface area contributed by atoms with Gasteiger partial charge < -0.3 is 15.4 Å². The molecule has 1 saturated carbocycles. The minimum Gasteiger partial charge on any atom is -0.497 e. The number of hydrogen-bond donors (Lipinski definition) is 2. The number of ether oxygens (including phenoxy) is 1. The molecule has 3 amide bonds. The number of anilines is 2. The third-order valence-electron chi connectivity index (χ3n) is 7.18. The van der Waals surface area contributed by atoms with Crippen molar-refractivity contribution in [3.63, 3.8) is 0 Å². The third-order valence-corrected chi connectivity index (χ3v) is 7.18. The number of rotatable bonds is 11. The Labute approximate surface area is 236 Å². The van der Waals surface area contributed by atoms with E-state index < -0.39 is 6.04 Å². The second-order valence-corrected chi connectivity index (χ2v) is 10.2. The Balaban J connectivity index is 1.59. The molecule has 4 rings (SSSR count). The second-order valence-electron chi connectivity index (χ2n) is 10.2. The maximum atomic E-state index is 13.9. The molecule has 1 fully saturated rings. The van der Waals surface area contributed by atoms with Gasteiger partial charge in [0.2, 0.25) is 17.7 Å². The molecule has 1 aliphatic carbocycles. The van der Waals surface area contributed by atoms with E-state index in [2.05, 4.69) is 15.6 Å². The highest BCUT2D eigenvalue weighted by molar-refractivity contribution is 6.01. The summed E-state index contributed by atoms with van der Waals surface area (Å²) in [6.07, 6.45) is 7.38. The Bertz CT molecular complexity index is 1270. The predicted molar refractivity (Wildman–Crippen MR) is 156 cm³/mol. The largest absolute Gasteiger partial charge is 0.497 e. The molecule has 1 aromatic heterocycles.